The van der Waals surface area contributed by atoms with E-state index < -0.39 is 0 Å². The van der Waals surface area contributed by atoms with Gasteiger partial charge in [0.2, 0.25) is 0 Å². The molecule has 0 N–H and O–H groups in total. The van der Waals surface area contributed by atoms with E-state index >= 15 is 0 Å². The second-order valence-corrected chi connectivity index (χ2v) is 8.76. The normalized spacial score (nSPS) is 19.4. The van der Waals surface area contributed by atoms with Crippen molar-refractivity contribution in [2.24, 2.45) is 0 Å². The van der Waals surface area contributed by atoms with Crippen molar-refractivity contribution >= 4 is 5.91 Å². The number of aromatic nitrogens is 3. The zero-order chi connectivity index (χ0) is 20.2. The van der Waals surface area contributed by atoms with Crippen LogP contribution >= 0.6 is 0 Å². The van der Waals surface area contributed by atoms with Gasteiger partial charge in [0.25, 0.3) is 5.91 Å². The highest BCUT2D eigenvalue weighted by atomic mass is 16.2. The molecule has 29 heavy (non-hydrogen) atoms. The quantitative estimate of drug-likeness (QED) is 0.754. The molecule has 1 atom stereocenters. The number of imidazole rings is 1. The molecule has 2 aromatic heterocycles. The van der Waals surface area contributed by atoms with E-state index in [1.807, 2.05) is 11.1 Å². The molecule has 3 heterocycles. The number of hydrogen-bond acceptors (Lipinski definition) is 4. The summed E-state index contributed by atoms with van der Waals surface area (Å²) in [4.78, 5) is 26.7. The van der Waals surface area contributed by atoms with E-state index in [-0.39, 0.29) is 5.91 Å². The summed E-state index contributed by atoms with van der Waals surface area (Å²) >= 11 is 0. The Bertz CT molecular complexity index is 844. The lowest BCUT2D eigenvalue weighted by Gasteiger charge is -2.33. The van der Waals surface area contributed by atoms with Gasteiger partial charge in [0, 0.05) is 49.8 Å². The maximum atomic E-state index is 13.2. The third kappa shape index (κ3) is 4.69. The van der Waals surface area contributed by atoms with E-state index in [1.165, 1.54) is 24.1 Å². The summed E-state index contributed by atoms with van der Waals surface area (Å²) in [5.41, 5.74) is 3.21. The minimum absolute atomic E-state index is 0.126. The van der Waals surface area contributed by atoms with E-state index in [2.05, 4.69) is 45.8 Å². The van der Waals surface area contributed by atoms with Gasteiger partial charge in [-0.25, -0.2) is 4.98 Å². The van der Waals surface area contributed by atoms with E-state index in [1.54, 1.807) is 6.20 Å². The van der Waals surface area contributed by atoms with Crippen LogP contribution in [0.5, 0.6) is 0 Å². The summed E-state index contributed by atoms with van der Waals surface area (Å²) in [6.45, 7) is 3.62. The fraction of sp³-hybridized carbons (Fsp3) is 0.609. The Labute approximate surface area is 173 Å². The van der Waals surface area contributed by atoms with Crippen LogP contribution < -0.4 is 0 Å². The maximum Gasteiger partial charge on any atom is 0.255 e. The Hall–Kier alpha value is -2.21. The number of amides is 1. The first kappa shape index (κ1) is 20.1. The molecule has 1 amide bonds. The molecule has 1 aliphatic heterocycles. The minimum Gasteiger partial charge on any atom is -0.338 e. The van der Waals surface area contributed by atoms with Gasteiger partial charge in [0.1, 0.15) is 5.82 Å². The summed E-state index contributed by atoms with van der Waals surface area (Å²) in [5, 5.41) is 0. The zero-order valence-corrected chi connectivity index (χ0v) is 17.8. The lowest BCUT2D eigenvalue weighted by atomic mass is 9.94. The summed E-state index contributed by atoms with van der Waals surface area (Å²) in [7, 11) is 4.21. The number of nitrogens with zero attached hydrogens (tertiary/aromatic N) is 5. The van der Waals surface area contributed by atoms with E-state index in [4.69, 9.17) is 0 Å². The van der Waals surface area contributed by atoms with Gasteiger partial charge in [-0.1, -0.05) is 0 Å². The number of likely N-dealkylation sites (tertiary alicyclic amines) is 1. The van der Waals surface area contributed by atoms with E-state index in [0.717, 1.165) is 69.7 Å². The number of carbonyl (C=O) groups excluding carboxylic acids is 1. The number of aryl methyl sites for hydroxylation is 3. The van der Waals surface area contributed by atoms with Gasteiger partial charge in [-0.2, -0.15) is 0 Å². The van der Waals surface area contributed by atoms with Crippen molar-refractivity contribution in [3.8, 4) is 0 Å². The highest BCUT2D eigenvalue weighted by Gasteiger charge is 2.28. The second kappa shape index (κ2) is 9.08. The Morgan fingerprint density at radius 2 is 2.07 bits per heavy atom. The van der Waals surface area contributed by atoms with Crippen molar-refractivity contribution in [3.63, 3.8) is 0 Å². The third-order valence-electron chi connectivity index (χ3n) is 6.24. The average molecular weight is 396 g/mol. The van der Waals surface area contributed by atoms with Crippen molar-refractivity contribution in [1.82, 2.24) is 24.3 Å². The average Bonchev–Trinajstić information content (AvgIpc) is 3.21. The number of carbonyl (C=O) groups is 1. The molecule has 6 heteroatoms. The molecule has 1 fully saturated rings. The van der Waals surface area contributed by atoms with Gasteiger partial charge in [-0.05, 0) is 77.2 Å². The molecule has 1 aliphatic carbocycles. The topological polar surface area (TPSA) is 54.3 Å². The number of rotatable bonds is 6. The fourth-order valence-electron chi connectivity index (χ4n) is 4.69. The first-order chi connectivity index (χ1) is 14.1. The van der Waals surface area contributed by atoms with Crippen LogP contribution in [0, 0.1) is 0 Å². The highest BCUT2D eigenvalue weighted by molar-refractivity contribution is 5.94. The molecule has 0 aromatic carbocycles. The standard InChI is InChI=1S/C23H33N5O/c1-26(2)11-6-13-27-14-10-24-22(27)19-8-5-12-28(17-19)23(29)20-15-18-7-3-4-9-21(18)25-16-20/h10,14-16,19H,3-9,11-13,17H2,1-2H3/t19-/m0/s1. The summed E-state index contributed by atoms with van der Waals surface area (Å²) in [6, 6.07) is 2.09. The van der Waals surface area contributed by atoms with Crippen molar-refractivity contribution in [2.75, 3.05) is 33.7 Å². The van der Waals surface area contributed by atoms with Gasteiger partial charge in [-0.3, -0.25) is 9.78 Å². The Balaban J connectivity index is 1.43. The smallest absolute Gasteiger partial charge is 0.255 e. The zero-order valence-electron chi connectivity index (χ0n) is 17.8. The largest absolute Gasteiger partial charge is 0.338 e. The molecule has 2 aromatic rings. The maximum absolute atomic E-state index is 13.2. The predicted molar refractivity (Wildman–Crippen MR) is 114 cm³/mol. The van der Waals surface area contributed by atoms with Crippen LogP contribution in [-0.2, 0) is 19.4 Å². The van der Waals surface area contributed by atoms with Gasteiger partial charge >= 0.3 is 0 Å². The van der Waals surface area contributed by atoms with Crippen molar-refractivity contribution in [1.29, 1.82) is 0 Å². The predicted octanol–water partition coefficient (Wildman–Crippen LogP) is 3.13. The van der Waals surface area contributed by atoms with Crippen LogP contribution in [0.4, 0.5) is 0 Å². The molecule has 156 valence electrons. The molecule has 6 nitrogen and oxygen atoms in total. The molecular weight excluding hydrogens is 362 g/mol. The number of fused-ring (bicyclic) bond motifs is 1. The molecule has 0 radical (unpaired) electrons. The van der Waals surface area contributed by atoms with Crippen molar-refractivity contribution < 1.29 is 4.79 Å². The van der Waals surface area contributed by atoms with Crippen LogP contribution in [0.25, 0.3) is 0 Å². The van der Waals surface area contributed by atoms with Gasteiger partial charge in [0.15, 0.2) is 0 Å². The molecular formula is C23H33N5O. The van der Waals surface area contributed by atoms with Crippen molar-refractivity contribution in [2.45, 2.75) is 57.4 Å². The van der Waals surface area contributed by atoms with Crippen LogP contribution in [0.2, 0.25) is 0 Å². The molecule has 0 unspecified atom stereocenters. The minimum atomic E-state index is 0.126. The molecule has 2 aliphatic rings. The first-order valence-corrected chi connectivity index (χ1v) is 11.0. The number of piperidine rings is 1. The van der Waals surface area contributed by atoms with E-state index in [9.17, 15) is 4.79 Å². The van der Waals surface area contributed by atoms with Crippen molar-refractivity contribution in [3.05, 3.63) is 47.3 Å². The Morgan fingerprint density at radius 3 is 2.93 bits per heavy atom. The molecule has 4 rings (SSSR count). The Morgan fingerprint density at radius 1 is 1.21 bits per heavy atom. The second-order valence-electron chi connectivity index (χ2n) is 8.76. The fourth-order valence-corrected chi connectivity index (χ4v) is 4.69. The van der Waals surface area contributed by atoms with Gasteiger partial charge in [0.05, 0.1) is 5.56 Å². The monoisotopic (exact) mass is 395 g/mol. The Kier molecular flexibility index (Phi) is 6.28. The summed E-state index contributed by atoms with van der Waals surface area (Å²) in [5.74, 6) is 1.57. The van der Waals surface area contributed by atoms with Crippen LogP contribution in [0.1, 0.15) is 65.5 Å². The third-order valence-corrected chi connectivity index (χ3v) is 6.24. The molecule has 0 saturated carbocycles. The molecule has 0 bridgehead atoms. The number of pyridine rings is 1. The summed E-state index contributed by atoms with van der Waals surface area (Å²) in [6.07, 6.45) is 13.5. The SMILES string of the molecule is CN(C)CCCn1ccnc1[C@H]1CCCN(C(=O)c2cnc3c(c2)CCCC3)C1. The lowest BCUT2D eigenvalue weighted by molar-refractivity contribution is 0.0702. The number of hydrogen-bond donors (Lipinski definition) is 0. The van der Waals surface area contributed by atoms with Crippen LogP contribution in [-0.4, -0.2) is 64.0 Å². The lowest BCUT2D eigenvalue weighted by Crippen LogP contribution is -2.40. The van der Waals surface area contributed by atoms with E-state index in [0.29, 0.717) is 5.92 Å². The molecule has 1 saturated heterocycles. The highest BCUT2D eigenvalue weighted by Crippen LogP contribution is 2.28. The van der Waals surface area contributed by atoms with Crippen LogP contribution in [0.15, 0.2) is 24.7 Å². The summed E-state index contributed by atoms with van der Waals surface area (Å²) < 4.78 is 2.28. The van der Waals surface area contributed by atoms with Gasteiger partial charge < -0.3 is 14.4 Å². The molecule has 0 spiro atoms. The van der Waals surface area contributed by atoms with Crippen LogP contribution in [0.3, 0.4) is 0 Å². The van der Waals surface area contributed by atoms with Gasteiger partial charge in [-0.15, -0.1) is 0 Å². The first-order valence-electron chi connectivity index (χ1n) is 11.0.